The van der Waals surface area contributed by atoms with Crippen LogP contribution in [-0.4, -0.2) is 12.4 Å². The molecule has 0 spiro atoms. The van der Waals surface area contributed by atoms with Crippen LogP contribution < -0.4 is 0 Å². The molecular formula is C15H12ClNO2S. The molecular weight excluding hydrogens is 294 g/mol. The minimum Gasteiger partial charge on any atom is -0.241 e. The zero-order valence-corrected chi connectivity index (χ0v) is 12.3. The number of nitrogens with zero attached hydrogens (tertiary/aromatic N) is 1. The number of benzene rings is 2. The number of aromatic nitrogens is 1. The van der Waals surface area contributed by atoms with Crippen LogP contribution in [0.5, 0.6) is 0 Å². The van der Waals surface area contributed by atoms with Gasteiger partial charge in [0.2, 0.25) is 0 Å². The number of halogens is 1. The predicted octanol–water partition coefficient (Wildman–Crippen LogP) is 3.84. The summed E-state index contributed by atoms with van der Waals surface area (Å²) in [5.41, 5.74) is 1.60. The SMILES string of the molecule is Cc1ccc(S(=O)(=O)n2ccc3c(Cl)cccc32)cc1. The zero-order chi connectivity index (χ0) is 14.3. The Morgan fingerprint density at radius 1 is 1.00 bits per heavy atom. The summed E-state index contributed by atoms with van der Waals surface area (Å²) in [7, 11) is -3.60. The molecule has 0 amide bonds. The van der Waals surface area contributed by atoms with Gasteiger partial charge in [0.1, 0.15) is 0 Å². The second-order valence-electron chi connectivity index (χ2n) is 4.60. The molecule has 102 valence electrons. The molecule has 0 unspecified atom stereocenters. The molecule has 3 aromatic rings. The fraction of sp³-hybridized carbons (Fsp3) is 0.0667. The van der Waals surface area contributed by atoms with E-state index in [1.165, 1.54) is 10.2 Å². The lowest BCUT2D eigenvalue weighted by molar-refractivity contribution is 0.589. The highest BCUT2D eigenvalue weighted by atomic mass is 35.5. The summed E-state index contributed by atoms with van der Waals surface area (Å²) in [6.45, 7) is 1.92. The lowest BCUT2D eigenvalue weighted by atomic mass is 10.2. The van der Waals surface area contributed by atoms with E-state index in [1.807, 2.05) is 6.92 Å². The average Bonchev–Trinajstić information content (AvgIpc) is 2.85. The molecule has 0 aliphatic rings. The van der Waals surface area contributed by atoms with Crippen molar-refractivity contribution >= 4 is 32.5 Å². The van der Waals surface area contributed by atoms with Gasteiger partial charge in [-0.3, -0.25) is 0 Å². The van der Waals surface area contributed by atoms with E-state index in [1.54, 1.807) is 48.5 Å². The van der Waals surface area contributed by atoms with Crippen LogP contribution in [0.25, 0.3) is 10.9 Å². The van der Waals surface area contributed by atoms with Crippen LogP contribution in [-0.2, 0) is 10.0 Å². The molecule has 0 saturated heterocycles. The van der Waals surface area contributed by atoms with Gasteiger partial charge in [0.05, 0.1) is 10.4 Å². The number of hydrogen-bond acceptors (Lipinski definition) is 2. The summed E-state index contributed by atoms with van der Waals surface area (Å²) >= 11 is 6.08. The van der Waals surface area contributed by atoms with Gasteiger partial charge in [0.25, 0.3) is 10.0 Å². The number of hydrogen-bond donors (Lipinski definition) is 0. The van der Waals surface area contributed by atoms with Gasteiger partial charge in [-0.15, -0.1) is 0 Å². The van der Waals surface area contributed by atoms with E-state index in [2.05, 4.69) is 0 Å². The van der Waals surface area contributed by atoms with Crippen LogP contribution >= 0.6 is 11.6 Å². The van der Waals surface area contributed by atoms with Crippen molar-refractivity contribution in [1.82, 2.24) is 3.97 Å². The van der Waals surface area contributed by atoms with Crippen LogP contribution in [0.3, 0.4) is 0 Å². The van der Waals surface area contributed by atoms with Crippen molar-refractivity contribution < 1.29 is 8.42 Å². The van der Waals surface area contributed by atoms with E-state index in [4.69, 9.17) is 11.6 Å². The smallest absolute Gasteiger partial charge is 0.241 e. The maximum atomic E-state index is 12.7. The summed E-state index contributed by atoms with van der Waals surface area (Å²) < 4.78 is 26.6. The third-order valence-electron chi connectivity index (χ3n) is 3.22. The Kier molecular flexibility index (Phi) is 3.07. The fourth-order valence-electron chi connectivity index (χ4n) is 2.14. The predicted molar refractivity (Wildman–Crippen MR) is 80.7 cm³/mol. The van der Waals surface area contributed by atoms with Gasteiger partial charge in [-0.1, -0.05) is 35.4 Å². The molecule has 5 heteroatoms. The Hall–Kier alpha value is -1.78. The monoisotopic (exact) mass is 305 g/mol. The van der Waals surface area contributed by atoms with E-state index in [9.17, 15) is 8.42 Å². The summed E-state index contributed by atoms with van der Waals surface area (Å²) in [4.78, 5) is 0.264. The first kappa shape index (κ1) is 13.2. The molecule has 2 aromatic carbocycles. The van der Waals surface area contributed by atoms with Crippen LogP contribution in [0.1, 0.15) is 5.56 Å². The Labute approximate surface area is 122 Å². The maximum Gasteiger partial charge on any atom is 0.268 e. The highest BCUT2D eigenvalue weighted by Crippen LogP contribution is 2.27. The molecule has 0 aliphatic carbocycles. The lowest BCUT2D eigenvalue weighted by Crippen LogP contribution is -2.11. The molecule has 3 nitrogen and oxygen atoms in total. The topological polar surface area (TPSA) is 39.1 Å². The first-order valence-corrected chi connectivity index (χ1v) is 7.90. The Bertz CT molecular complexity index is 880. The third kappa shape index (κ3) is 2.01. The average molecular weight is 306 g/mol. The van der Waals surface area contributed by atoms with Crippen LogP contribution in [0.2, 0.25) is 5.02 Å². The molecule has 0 radical (unpaired) electrons. The molecule has 0 fully saturated rings. The Morgan fingerprint density at radius 3 is 2.40 bits per heavy atom. The van der Waals surface area contributed by atoms with E-state index >= 15 is 0 Å². The molecule has 20 heavy (non-hydrogen) atoms. The van der Waals surface area contributed by atoms with Gasteiger partial charge >= 0.3 is 0 Å². The summed E-state index contributed by atoms with van der Waals surface area (Å²) in [5, 5.41) is 1.27. The van der Waals surface area contributed by atoms with E-state index in [-0.39, 0.29) is 4.90 Å². The van der Waals surface area contributed by atoms with Crippen molar-refractivity contribution in [2.45, 2.75) is 11.8 Å². The van der Waals surface area contributed by atoms with Crippen molar-refractivity contribution in [2.24, 2.45) is 0 Å². The van der Waals surface area contributed by atoms with Crippen molar-refractivity contribution in [1.29, 1.82) is 0 Å². The molecule has 0 N–H and O–H groups in total. The van der Waals surface area contributed by atoms with Crippen molar-refractivity contribution in [2.75, 3.05) is 0 Å². The fourth-order valence-corrected chi connectivity index (χ4v) is 3.72. The molecule has 1 aromatic heterocycles. The quantitative estimate of drug-likeness (QED) is 0.721. The molecule has 0 aliphatic heterocycles. The maximum absolute atomic E-state index is 12.7. The summed E-state index contributed by atoms with van der Waals surface area (Å²) in [5.74, 6) is 0. The zero-order valence-electron chi connectivity index (χ0n) is 10.7. The minimum absolute atomic E-state index is 0.264. The first-order valence-electron chi connectivity index (χ1n) is 6.08. The van der Waals surface area contributed by atoms with Gasteiger partial charge in [-0.25, -0.2) is 12.4 Å². The summed E-state index contributed by atoms with van der Waals surface area (Å²) in [6.07, 6.45) is 1.53. The molecule has 0 saturated carbocycles. The Balaban J connectivity index is 2.24. The second-order valence-corrected chi connectivity index (χ2v) is 6.82. The molecule has 0 atom stereocenters. The number of fused-ring (bicyclic) bond motifs is 1. The van der Waals surface area contributed by atoms with Crippen LogP contribution in [0.4, 0.5) is 0 Å². The first-order chi connectivity index (χ1) is 9.50. The number of rotatable bonds is 2. The normalized spacial score (nSPS) is 11.9. The second kappa shape index (κ2) is 4.65. The lowest BCUT2D eigenvalue weighted by Gasteiger charge is -2.08. The van der Waals surface area contributed by atoms with Gasteiger partial charge in [0.15, 0.2) is 0 Å². The largest absolute Gasteiger partial charge is 0.268 e. The van der Waals surface area contributed by atoms with Gasteiger partial charge in [-0.05, 0) is 37.3 Å². The van der Waals surface area contributed by atoms with Crippen molar-refractivity contribution in [3.8, 4) is 0 Å². The highest BCUT2D eigenvalue weighted by Gasteiger charge is 2.19. The van der Waals surface area contributed by atoms with E-state index in [0.717, 1.165) is 10.9 Å². The third-order valence-corrected chi connectivity index (χ3v) is 5.26. The highest BCUT2D eigenvalue weighted by molar-refractivity contribution is 7.90. The Morgan fingerprint density at radius 2 is 1.70 bits per heavy atom. The molecule has 0 bridgehead atoms. The molecule has 1 heterocycles. The summed E-state index contributed by atoms with van der Waals surface area (Å²) in [6, 6.07) is 13.7. The van der Waals surface area contributed by atoms with E-state index < -0.39 is 10.0 Å². The van der Waals surface area contributed by atoms with Crippen LogP contribution in [0, 0.1) is 6.92 Å². The standard InChI is InChI=1S/C15H12ClNO2S/c1-11-5-7-12(8-6-11)20(18,19)17-10-9-13-14(16)3-2-4-15(13)17/h2-10H,1H3. The van der Waals surface area contributed by atoms with Crippen molar-refractivity contribution in [3.63, 3.8) is 0 Å². The van der Waals surface area contributed by atoms with E-state index in [0.29, 0.717) is 10.5 Å². The van der Waals surface area contributed by atoms with Gasteiger partial charge < -0.3 is 0 Å². The van der Waals surface area contributed by atoms with Gasteiger partial charge in [-0.2, -0.15) is 0 Å². The van der Waals surface area contributed by atoms with Gasteiger partial charge in [0, 0.05) is 16.6 Å². The van der Waals surface area contributed by atoms with Crippen LogP contribution in [0.15, 0.2) is 59.6 Å². The molecule has 3 rings (SSSR count). The minimum atomic E-state index is -3.60. The van der Waals surface area contributed by atoms with Crippen molar-refractivity contribution in [3.05, 3.63) is 65.3 Å². The number of aryl methyl sites for hydroxylation is 1.